The zero-order valence-electron chi connectivity index (χ0n) is 15.5. The molecule has 1 amide bonds. The molecule has 0 saturated heterocycles. The van der Waals surface area contributed by atoms with Gasteiger partial charge in [0.2, 0.25) is 0 Å². The van der Waals surface area contributed by atoms with Gasteiger partial charge in [-0.2, -0.15) is 5.10 Å². The molecule has 0 saturated carbocycles. The molecule has 0 aliphatic carbocycles. The lowest BCUT2D eigenvalue weighted by Gasteiger charge is -2.25. The fraction of sp³-hybridized carbons (Fsp3) is 0.250. The molecule has 1 aromatic heterocycles. The van der Waals surface area contributed by atoms with Crippen molar-refractivity contribution in [3.05, 3.63) is 71.3 Å². The minimum absolute atomic E-state index is 0.0288. The van der Waals surface area contributed by atoms with E-state index in [0.29, 0.717) is 10.8 Å². The van der Waals surface area contributed by atoms with Crippen LogP contribution in [0.1, 0.15) is 24.1 Å². The Labute approximate surface area is 163 Å². The highest BCUT2D eigenvalue weighted by molar-refractivity contribution is 6.31. The van der Waals surface area contributed by atoms with E-state index in [4.69, 9.17) is 16.3 Å². The number of likely N-dealkylation sites (N-methyl/N-ethyl adjacent to an activating group) is 1. The predicted molar refractivity (Wildman–Crippen MR) is 104 cm³/mol. The number of carbonyl (C=O) groups is 1. The third kappa shape index (κ3) is 4.46. The Morgan fingerprint density at radius 3 is 2.63 bits per heavy atom. The van der Waals surface area contributed by atoms with Crippen molar-refractivity contribution in [3.63, 3.8) is 0 Å². The summed E-state index contributed by atoms with van der Waals surface area (Å²) >= 11 is 6.01. The molecule has 140 valence electrons. The van der Waals surface area contributed by atoms with Crippen LogP contribution < -0.4 is 4.74 Å². The second kappa shape index (κ2) is 8.22. The van der Waals surface area contributed by atoms with E-state index < -0.39 is 0 Å². The van der Waals surface area contributed by atoms with Crippen molar-refractivity contribution < 1.29 is 9.53 Å². The summed E-state index contributed by atoms with van der Waals surface area (Å²) in [4.78, 5) is 18.1. The van der Waals surface area contributed by atoms with Crippen molar-refractivity contribution in [1.82, 2.24) is 19.7 Å². The zero-order chi connectivity index (χ0) is 19.4. The van der Waals surface area contributed by atoms with Crippen LogP contribution in [0.25, 0.3) is 5.69 Å². The average molecular weight is 385 g/mol. The van der Waals surface area contributed by atoms with Gasteiger partial charge in [-0.3, -0.25) is 4.79 Å². The van der Waals surface area contributed by atoms with Gasteiger partial charge >= 0.3 is 0 Å². The molecule has 3 aromatic rings. The van der Waals surface area contributed by atoms with Gasteiger partial charge in [-0.1, -0.05) is 23.7 Å². The predicted octanol–water partition coefficient (Wildman–Crippen LogP) is 3.83. The number of benzene rings is 2. The lowest BCUT2D eigenvalue weighted by molar-refractivity contribution is -0.134. The van der Waals surface area contributed by atoms with Crippen LogP contribution in [0.4, 0.5) is 0 Å². The SMILES string of the molecule is Cc1cc(OCC(=O)N(C)[C@@H](C)c2ccc(-n3cncn3)cc2)ccc1Cl. The van der Waals surface area contributed by atoms with Gasteiger partial charge in [0.15, 0.2) is 6.61 Å². The second-order valence-corrected chi connectivity index (χ2v) is 6.72. The van der Waals surface area contributed by atoms with Crippen molar-refractivity contribution in [2.45, 2.75) is 19.9 Å². The van der Waals surface area contributed by atoms with Crippen LogP contribution in [0.3, 0.4) is 0 Å². The number of hydrogen-bond donors (Lipinski definition) is 0. The van der Waals surface area contributed by atoms with Gasteiger partial charge in [0.25, 0.3) is 5.91 Å². The van der Waals surface area contributed by atoms with Crippen LogP contribution in [0.15, 0.2) is 55.1 Å². The quantitative estimate of drug-likeness (QED) is 0.648. The summed E-state index contributed by atoms with van der Waals surface area (Å²) in [7, 11) is 1.77. The minimum atomic E-state index is -0.101. The van der Waals surface area contributed by atoms with E-state index in [1.165, 1.54) is 6.33 Å². The first-order valence-corrected chi connectivity index (χ1v) is 8.93. The van der Waals surface area contributed by atoms with Crippen molar-refractivity contribution >= 4 is 17.5 Å². The van der Waals surface area contributed by atoms with Gasteiger partial charge in [-0.15, -0.1) is 0 Å². The molecule has 0 fully saturated rings. The smallest absolute Gasteiger partial charge is 0.260 e. The van der Waals surface area contributed by atoms with Crippen LogP contribution in [-0.4, -0.2) is 39.2 Å². The number of amides is 1. The summed E-state index contributed by atoms with van der Waals surface area (Å²) in [5.74, 6) is 0.527. The standard InChI is InChI=1S/C20H21ClN4O2/c1-14-10-18(8-9-19(14)21)27-11-20(26)24(3)15(2)16-4-6-17(7-5-16)25-13-22-12-23-25/h4-10,12-13,15H,11H2,1-3H3/t15-/m0/s1. The number of aromatic nitrogens is 3. The summed E-state index contributed by atoms with van der Waals surface area (Å²) < 4.78 is 7.30. The summed E-state index contributed by atoms with van der Waals surface area (Å²) in [6, 6.07) is 13.1. The molecule has 0 spiro atoms. The normalized spacial score (nSPS) is 11.9. The van der Waals surface area contributed by atoms with Gasteiger partial charge in [0.05, 0.1) is 11.7 Å². The molecule has 0 unspecified atom stereocenters. The van der Waals surface area contributed by atoms with E-state index in [1.807, 2.05) is 44.2 Å². The number of rotatable bonds is 6. The van der Waals surface area contributed by atoms with E-state index in [-0.39, 0.29) is 18.6 Å². The number of aryl methyl sites for hydroxylation is 1. The van der Waals surface area contributed by atoms with Crippen LogP contribution in [-0.2, 0) is 4.79 Å². The maximum Gasteiger partial charge on any atom is 0.260 e. The molecule has 0 N–H and O–H groups in total. The first kappa shape index (κ1) is 18.9. The van der Waals surface area contributed by atoms with Crippen LogP contribution >= 0.6 is 11.6 Å². The summed E-state index contributed by atoms with van der Waals surface area (Å²) in [6.45, 7) is 3.85. The maximum absolute atomic E-state index is 12.5. The molecule has 0 bridgehead atoms. The van der Waals surface area contributed by atoms with E-state index in [1.54, 1.807) is 35.1 Å². The third-order valence-corrected chi connectivity index (χ3v) is 4.95. The maximum atomic E-state index is 12.5. The van der Waals surface area contributed by atoms with E-state index in [9.17, 15) is 4.79 Å². The molecule has 1 atom stereocenters. The Balaban J connectivity index is 1.61. The third-order valence-electron chi connectivity index (χ3n) is 4.52. The Hall–Kier alpha value is -2.86. The Morgan fingerprint density at radius 1 is 1.26 bits per heavy atom. The lowest BCUT2D eigenvalue weighted by atomic mass is 10.1. The number of halogens is 1. The first-order valence-electron chi connectivity index (χ1n) is 8.55. The van der Waals surface area contributed by atoms with E-state index >= 15 is 0 Å². The number of carbonyl (C=O) groups excluding carboxylic acids is 1. The molecular formula is C20H21ClN4O2. The second-order valence-electron chi connectivity index (χ2n) is 6.31. The van der Waals surface area contributed by atoms with Crippen molar-refractivity contribution in [2.24, 2.45) is 0 Å². The van der Waals surface area contributed by atoms with Crippen molar-refractivity contribution in [3.8, 4) is 11.4 Å². The van der Waals surface area contributed by atoms with Crippen molar-refractivity contribution in [1.29, 1.82) is 0 Å². The summed E-state index contributed by atoms with van der Waals surface area (Å²) in [5.41, 5.74) is 2.85. The largest absolute Gasteiger partial charge is 0.484 e. The number of hydrogen-bond acceptors (Lipinski definition) is 4. The zero-order valence-corrected chi connectivity index (χ0v) is 16.2. The molecular weight excluding hydrogens is 364 g/mol. The Bertz CT molecular complexity index is 910. The molecule has 0 aliphatic heterocycles. The fourth-order valence-corrected chi connectivity index (χ4v) is 2.76. The van der Waals surface area contributed by atoms with Crippen LogP contribution in [0.2, 0.25) is 5.02 Å². The van der Waals surface area contributed by atoms with Gasteiger partial charge < -0.3 is 9.64 Å². The van der Waals surface area contributed by atoms with Crippen LogP contribution in [0, 0.1) is 6.92 Å². The van der Waals surface area contributed by atoms with Gasteiger partial charge in [-0.25, -0.2) is 9.67 Å². The summed E-state index contributed by atoms with van der Waals surface area (Å²) in [6.07, 6.45) is 3.13. The minimum Gasteiger partial charge on any atom is -0.484 e. The molecule has 0 radical (unpaired) electrons. The van der Waals surface area contributed by atoms with Gasteiger partial charge in [-0.05, 0) is 55.3 Å². The molecule has 0 aliphatic rings. The highest BCUT2D eigenvalue weighted by Crippen LogP contribution is 2.22. The topological polar surface area (TPSA) is 60.2 Å². The first-order chi connectivity index (χ1) is 13.0. The average Bonchev–Trinajstić information content (AvgIpc) is 3.22. The van der Waals surface area contributed by atoms with E-state index in [0.717, 1.165) is 16.8 Å². The fourth-order valence-electron chi connectivity index (χ4n) is 2.64. The molecule has 1 heterocycles. The highest BCUT2D eigenvalue weighted by Gasteiger charge is 2.18. The molecule has 3 rings (SSSR count). The van der Waals surface area contributed by atoms with Gasteiger partial charge in [0, 0.05) is 12.1 Å². The summed E-state index contributed by atoms with van der Waals surface area (Å²) in [5, 5.41) is 4.78. The lowest BCUT2D eigenvalue weighted by Crippen LogP contribution is -2.33. The highest BCUT2D eigenvalue weighted by atomic mass is 35.5. The number of ether oxygens (including phenoxy) is 1. The van der Waals surface area contributed by atoms with Crippen molar-refractivity contribution in [2.75, 3.05) is 13.7 Å². The molecule has 27 heavy (non-hydrogen) atoms. The Morgan fingerprint density at radius 2 is 2.00 bits per heavy atom. The number of nitrogens with zero attached hydrogens (tertiary/aromatic N) is 4. The van der Waals surface area contributed by atoms with Crippen LogP contribution in [0.5, 0.6) is 5.75 Å². The van der Waals surface area contributed by atoms with E-state index in [2.05, 4.69) is 10.1 Å². The molecule has 6 nitrogen and oxygen atoms in total. The molecule has 2 aromatic carbocycles. The monoisotopic (exact) mass is 384 g/mol. The Kier molecular flexibility index (Phi) is 5.76. The van der Waals surface area contributed by atoms with Gasteiger partial charge in [0.1, 0.15) is 18.4 Å². The molecule has 7 heteroatoms.